The molecule has 0 radical (unpaired) electrons. The summed E-state index contributed by atoms with van der Waals surface area (Å²) in [6, 6.07) is 0. The van der Waals surface area contributed by atoms with E-state index in [1.807, 2.05) is 26.2 Å². The van der Waals surface area contributed by atoms with Crippen molar-refractivity contribution in [1.29, 1.82) is 0 Å². The fraction of sp³-hybridized carbons (Fsp3) is 0.308. The van der Waals surface area contributed by atoms with E-state index >= 15 is 0 Å². The van der Waals surface area contributed by atoms with Crippen LogP contribution in [0.4, 0.5) is 5.69 Å². The maximum atomic E-state index is 12.3. The topological polar surface area (TPSA) is 87.8 Å². The van der Waals surface area contributed by atoms with Gasteiger partial charge in [0.2, 0.25) is 4.21 Å². The van der Waals surface area contributed by atoms with Gasteiger partial charge in [-0.05, 0) is 20.8 Å². The molecule has 21 heavy (non-hydrogen) atoms. The van der Waals surface area contributed by atoms with Gasteiger partial charge in [0, 0.05) is 22.8 Å². The molecule has 5 nitrogen and oxygen atoms in total. The minimum atomic E-state index is -1.12. The van der Waals surface area contributed by atoms with Gasteiger partial charge in [0.25, 0.3) is 0 Å². The predicted molar refractivity (Wildman–Crippen MR) is 89.2 cm³/mol. The first kappa shape index (κ1) is 14.7. The molecular formula is C13H14N4OS3. The van der Waals surface area contributed by atoms with Crippen molar-refractivity contribution in [3.05, 3.63) is 17.3 Å². The Morgan fingerprint density at radius 1 is 1.33 bits per heavy atom. The highest BCUT2D eigenvalue weighted by Crippen LogP contribution is 2.39. The van der Waals surface area contributed by atoms with Gasteiger partial charge < -0.3 is 10.3 Å². The Morgan fingerprint density at radius 3 is 2.71 bits per heavy atom. The zero-order valence-electron chi connectivity index (χ0n) is 11.8. The van der Waals surface area contributed by atoms with Crippen molar-refractivity contribution in [3.8, 4) is 10.8 Å². The van der Waals surface area contributed by atoms with Gasteiger partial charge in [0.05, 0.1) is 11.1 Å². The summed E-state index contributed by atoms with van der Waals surface area (Å²) < 4.78 is 13.0. The third-order valence-corrected chi connectivity index (χ3v) is 6.82. The number of nitrogens with zero attached hydrogens (tertiary/aromatic N) is 3. The Bertz CT molecular complexity index is 782. The Labute approximate surface area is 133 Å². The van der Waals surface area contributed by atoms with Crippen molar-refractivity contribution in [2.75, 3.05) is 5.73 Å². The van der Waals surface area contributed by atoms with Gasteiger partial charge in [0.15, 0.2) is 10.8 Å². The monoisotopic (exact) mass is 338 g/mol. The number of thiazole rings is 1. The van der Waals surface area contributed by atoms with E-state index in [0.29, 0.717) is 15.7 Å². The molecule has 3 rings (SSSR count). The van der Waals surface area contributed by atoms with E-state index < -0.39 is 11.2 Å². The number of anilines is 1. The second-order valence-corrected chi connectivity index (χ2v) is 8.90. The molecule has 0 aliphatic rings. The van der Waals surface area contributed by atoms with Crippen molar-refractivity contribution < 1.29 is 4.55 Å². The number of rotatable bonds is 3. The van der Waals surface area contributed by atoms with Gasteiger partial charge in [0.1, 0.15) is 15.8 Å². The Hall–Kier alpha value is -1.22. The number of hydrogen-bond acceptors (Lipinski definition) is 7. The number of fused-ring (bicyclic) bond motifs is 1. The molecule has 0 aliphatic carbocycles. The Morgan fingerprint density at radius 2 is 2.10 bits per heavy atom. The molecule has 8 heteroatoms. The molecule has 0 saturated heterocycles. The smallest absolute Gasteiger partial charge is 0.232 e. The number of nitrogens with two attached hydrogens (primary N) is 1. The van der Waals surface area contributed by atoms with E-state index in [4.69, 9.17) is 5.73 Å². The summed E-state index contributed by atoms with van der Waals surface area (Å²) in [4.78, 5) is 14.0. The lowest BCUT2D eigenvalue weighted by atomic mass is 10.3. The average Bonchev–Trinajstić information content (AvgIpc) is 3.06. The molecule has 0 spiro atoms. The lowest BCUT2D eigenvalue weighted by Crippen LogP contribution is -2.13. The molecule has 0 fully saturated rings. The molecular weight excluding hydrogens is 324 g/mol. The van der Waals surface area contributed by atoms with Crippen LogP contribution in [0.25, 0.3) is 21.0 Å². The Balaban J connectivity index is 2.20. The number of thiophene rings is 1. The molecule has 3 aromatic heterocycles. The summed E-state index contributed by atoms with van der Waals surface area (Å²) in [6.45, 7) is 5.73. The molecule has 3 heterocycles. The highest BCUT2D eigenvalue weighted by atomic mass is 32.2. The van der Waals surface area contributed by atoms with Crippen LogP contribution in [0, 0.1) is 6.92 Å². The fourth-order valence-electron chi connectivity index (χ4n) is 1.97. The number of hydrogen-bond donors (Lipinski definition) is 1. The molecule has 0 bridgehead atoms. The van der Waals surface area contributed by atoms with Crippen molar-refractivity contribution in [1.82, 2.24) is 15.0 Å². The normalized spacial score (nSPS) is 13.2. The third kappa shape index (κ3) is 2.52. The number of aryl methyl sites for hydroxylation is 1. The standard InChI is InChI=1S/C13H14N4OS3/c1-6(2)21(18)13-9(14)8-7(3)16-10(17-11(8)20-13)12-15-4-5-19-12/h4-6H,14H2,1-3H3. The van der Waals surface area contributed by atoms with Crippen molar-refractivity contribution in [3.63, 3.8) is 0 Å². The van der Waals surface area contributed by atoms with E-state index in [-0.39, 0.29) is 5.25 Å². The molecule has 1 unspecified atom stereocenters. The van der Waals surface area contributed by atoms with Gasteiger partial charge in [-0.3, -0.25) is 0 Å². The fourth-order valence-corrected chi connectivity index (χ4v) is 5.31. The van der Waals surface area contributed by atoms with Crippen LogP contribution in [0.3, 0.4) is 0 Å². The van der Waals surface area contributed by atoms with Crippen molar-refractivity contribution in [2.45, 2.75) is 30.2 Å². The van der Waals surface area contributed by atoms with Gasteiger partial charge in [-0.25, -0.2) is 15.0 Å². The van der Waals surface area contributed by atoms with Gasteiger partial charge >= 0.3 is 0 Å². The second kappa shape index (κ2) is 5.53. The van der Waals surface area contributed by atoms with Crippen LogP contribution in [-0.2, 0) is 11.2 Å². The summed E-state index contributed by atoms with van der Waals surface area (Å²) in [7, 11) is 0. The van der Waals surface area contributed by atoms with Crippen LogP contribution in [0.1, 0.15) is 19.5 Å². The largest absolute Gasteiger partial charge is 0.611 e. The molecule has 0 aromatic carbocycles. The Kier molecular flexibility index (Phi) is 3.87. The highest BCUT2D eigenvalue weighted by Gasteiger charge is 2.26. The van der Waals surface area contributed by atoms with Crippen LogP contribution in [0.2, 0.25) is 0 Å². The third-order valence-electron chi connectivity index (χ3n) is 2.97. The van der Waals surface area contributed by atoms with E-state index in [9.17, 15) is 4.55 Å². The maximum Gasteiger partial charge on any atom is 0.232 e. The van der Waals surface area contributed by atoms with Crippen LogP contribution in [-0.4, -0.2) is 24.8 Å². The summed E-state index contributed by atoms with van der Waals surface area (Å²) in [6.07, 6.45) is 1.73. The van der Waals surface area contributed by atoms with Crippen LogP contribution < -0.4 is 5.73 Å². The summed E-state index contributed by atoms with van der Waals surface area (Å²) in [5.41, 5.74) is 7.52. The van der Waals surface area contributed by atoms with Crippen molar-refractivity contribution in [2.24, 2.45) is 0 Å². The average molecular weight is 338 g/mol. The van der Waals surface area contributed by atoms with E-state index in [1.165, 1.54) is 22.7 Å². The predicted octanol–water partition coefficient (Wildman–Crippen LogP) is 3.22. The maximum absolute atomic E-state index is 12.3. The number of nitrogen functional groups attached to an aromatic ring is 1. The number of aromatic nitrogens is 3. The van der Waals surface area contributed by atoms with Crippen LogP contribution in [0.15, 0.2) is 15.8 Å². The molecule has 0 amide bonds. The van der Waals surface area contributed by atoms with Gasteiger partial charge in [-0.2, -0.15) is 0 Å². The van der Waals surface area contributed by atoms with Crippen LogP contribution >= 0.6 is 22.7 Å². The lowest BCUT2D eigenvalue weighted by molar-refractivity contribution is 0.589. The van der Waals surface area contributed by atoms with E-state index in [0.717, 1.165) is 20.9 Å². The molecule has 1 atom stereocenters. The molecule has 3 aromatic rings. The highest BCUT2D eigenvalue weighted by molar-refractivity contribution is 7.94. The van der Waals surface area contributed by atoms with Crippen LogP contribution in [0.5, 0.6) is 0 Å². The first-order valence-corrected chi connectivity index (χ1v) is 9.27. The first-order valence-electron chi connectivity index (χ1n) is 6.36. The second-order valence-electron chi connectivity index (χ2n) is 4.80. The van der Waals surface area contributed by atoms with E-state index in [1.54, 1.807) is 6.20 Å². The summed E-state index contributed by atoms with van der Waals surface area (Å²) in [5, 5.41) is 3.50. The minimum Gasteiger partial charge on any atom is -0.611 e. The zero-order valence-corrected chi connectivity index (χ0v) is 14.2. The van der Waals surface area contributed by atoms with Gasteiger partial charge in [-0.1, -0.05) is 11.3 Å². The quantitative estimate of drug-likeness (QED) is 0.741. The zero-order chi connectivity index (χ0) is 15.1. The first-order chi connectivity index (χ1) is 9.99. The molecule has 0 saturated carbocycles. The lowest BCUT2D eigenvalue weighted by Gasteiger charge is -2.12. The minimum absolute atomic E-state index is 0.0204. The molecule has 2 N–H and O–H groups in total. The summed E-state index contributed by atoms with van der Waals surface area (Å²) in [5.74, 6) is 0.595. The molecule has 110 valence electrons. The molecule has 0 aliphatic heterocycles. The summed E-state index contributed by atoms with van der Waals surface area (Å²) >= 11 is 1.76. The van der Waals surface area contributed by atoms with Crippen molar-refractivity contribution >= 4 is 49.8 Å². The van der Waals surface area contributed by atoms with Gasteiger partial charge in [-0.15, -0.1) is 11.3 Å². The van der Waals surface area contributed by atoms with E-state index in [2.05, 4.69) is 15.0 Å². The SMILES string of the molecule is Cc1nc(-c2nccs2)nc2sc([S+]([O-])C(C)C)c(N)c12.